The number of nitrogen functional groups attached to an aromatic ring is 1. The second kappa shape index (κ2) is 5.11. The molecule has 0 heterocycles. The largest absolute Gasteiger partial charge is 0.493 e. The van der Waals surface area contributed by atoms with Crippen molar-refractivity contribution in [3.63, 3.8) is 0 Å². The van der Waals surface area contributed by atoms with Gasteiger partial charge in [0, 0.05) is 11.8 Å². The molecule has 18 heavy (non-hydrogen) atoms. The Morgan fingerprint density at radius 2 is 1.83 bits per heavy atom. The van der Waals surface area contributed by atoms with Gasteiger partial charge in [0.15, 0.2) is 11.5 Å². The van der Waals surface area contributed by atoms with Crippen molar-refractivity contribution in [2.24, 2.45) is 0 Å². The highest BCUT2D eigenvalue weighted by molar-refractivity contribution is 5.57. The second-order valence-corrected chi connectivity index (χ2v) is 3.61. The van der Waals surface area contributed by atoms with E-state index in [0.29, 0.717) is 28.5 Å². The first-order chi connectivity index (χ1) is 8.74. The molecule has 0 spiro atoms. The first-order valence-corrected chi connectivity index (χ1v) is 5.35. The standard InChI is InChI=1S/C14H12N2O2/c1-17-13-4-2-3-5-14(13)18-11-6-7-12(16)10(8-11)9-15/h2-8H,16H2,1H3. The summed E-state index contributed by atoms with van der Waals surface area (Å²) in [5.41, 5.74) is 6.47. The van der Waals surface area contributed by atoms with E-state index < -0.39 is 0 Å². The second-order valence-electron chi connectivity index (χ2n) is 3.61. The van der Waals surface area contributed by atoms with Crippen LogP contribution in [0.2, 0.25) is 0 Å². The topological polar surface area (TPSA) is 68.3 Å². The molecule has 0 saturated carbocycles. The number of benzene rings is 2. The summed E-state index contributed by atoms with van der Waals surface area (Å²) in [5.74, 6) is 1.77. The van der Waals surface area contributed by atoms with Crippen molar-refractivity contribution < 1.29 is 9.47 Å². The van der Waals surface area contributed by atoms with E-state index in [-0.39, 0.29) is 0 Å². The summed E-state index contributed by atoms with van der Waals surface area (Å²) in [4.78, 5) is 0. The molecule has 0 saturated heterocycles. The molecule has 2 N–H and O–H groups in total. The van der Waals surface area contributed by atoms with Crippen LogP contribution in [0.15, 0.2) is 42.5 Å². The fraction of sp³-hybridized carbons (Fsp3) is 0.0714. The van der Waals surface area contributed by atoms with Crippen LogP contribution in [0, 0.1) is 11.3 Å². The number of nitrogens with two attached hydrogens (primary N) is 1. The summed E-state index contributed by atoms with van der Waals surface area (Å²) in [6, 6.07) is 14.3. The first kappa shape index (κ1) is 11.8. The van der Waals surface area contributed by atoms with Crippen LogP contribution >= 0.6 is 0 Å². The van der Waals surface area contributed by atoms with Crippen LogP contribution in [-0.4, -0.2) is 7.11 Å². The van der Waals surface area contributed by atoms with Crippen LogP contribution in [0.5, 0.6) is 17.2 Å². The molecule has 2 aromatic carbocycles. The Balaban J connectivity index is 2.32. The summed E-state index contributed by atoms with van der Waals surface area (Å²) < 4.78 is 10.8. The van der Waals surface area contributed by atoms with Gasteiger partial charge >= 0.3 is 0 Å². The lowest BCUT2D eigenvalue weighted by atomic mass is 10.2. The monoisotopic (exact) mass is 240 g/mol. The van der Waals surface area contributed by atoms with Gasteiger partial charge in [0.1, 0.15) is 11.8 Å². The lowest BCUT2D eigenvalue weighted by Crippen LogP contribution is -1.93. The molecule has 0 atom stereocenters. The van der Waals surface area contributed by atoms with Crippen molar-refractivity contribution in [3.8, 4) is 23.3 Å². The van der Waals surface area contributed by atoms with Crippen molar-refractivity contribution in [2.45, 2.75) is 0 Å². The Hall–Kier alpha value is -2.67. The third-order valence-electron chi connectivity index (χ3n) is 2.44. The molecule has 0 aliphatic carbocycles. The smallest absolute Gasteiger partial charge is 0.169 e. The Kier molecular flexibility index (Phi) is 3.35. The van der Waals surface area contributed by atoms with Crippen LogP contribution in [0.25, 0.3) is 0 Å². The fourth-order valence-corrected chi connectivity index (χ4v) is 1.53. The van der Waals surface area contributed by atoms with Gasteiger partial charge in [0.2, 0.25) is 0 Å². The van der Waals surface area contributed by atoms with Gasteiger partial charge in [-0.25, -0.2) is 0 Å². The average molecular weight is 240 g/mol. The van der Waals surface area contributed by atoms with Gasteiger partial charge in [-0.2, -0.15) is 5.26 Å². The van der Waals surface area contributed by atoms with Crippen LogP contribution in [0.1, 0.15) is 5.56 Å². The van der Waals surface area contributed by atoms with Crippen LogP contribution in [0.3, 0.4) is 0 Å². The molecule has 4 heteroatoms. The van der Waals surface area contributed by atoms with Crippen LogP contribution < -0.4 is 15.2 Å². The highest BCUT2D eigenvalue weighted by Gasteiger charge is 2.06. The number of hydrogen-bond donors (Lipinski definition) is 1. The molecule has 0 radical (unpaired) electrons. The minimum Gasteiger partial charge on any atom is -0.493 e. The summed E-state index contributed by atoms with van der Waals surface area (Å²) in [5, 5.41) is 8.90. The van der Waals surface area contributed by atoms with Crippen molar-refractivity contribution in [1.29, 1.82) is 5.26 Å². The van der Waals surface area contributed by atoms with E-state index in [1.54, 1.807) is 37.4 Å². The molecule has 0 unspecified atom stereocenters. The lowest BCUT2D eigenvalue weighted by molar-refractivity contribution is 0.379. The summed E-state index contributed by atoms with van der Waals surface area (Å²) >= 11 is 0. The van der Waals surface area contributed by atoms with E-state index in [1.807, 2.05) is 18.2 Å². The number of anilines is 1. The van der Waals surface area contributed by atoms with E-state index in [2.05, 4.69) is 0 Å². The number of nitriles is 1. The zero-order chi connectivity index (χ0) is 13.0. The molecule has 0 aliphatic rings. The van der Waals surface area contributed by atoms with E-state index in [0.717, 1.165) is 0 Å². The fourth-order valence-electron chi connectivity index (χ4n) is 1.53. The summed E-state index contributed by atoms with van der Waals surface area (Å²) in [7, 11) is 1.58. The van der Waals surface area contributed by atoms with Crippen molar-refractivity contribution in [2.75, 3.05) is 12.8 Å². The molecule has 0 aromatic heterocycles. The SMILES string of the molecule is COc1ccccc1Oc1ccc(N)c(C#N)c1. The Morgan fingerprint density at radius 3 is 2.50 bits per heavy atom. The van der Waals surface area contributed by atoms with Gasteiger partial charge in [-0.3, -0.25) is 0 Å². The molecule has 90 valence electrons. The quantitative estimate of drug-likeness (QED) is 0.837. The number of para-hydroxylation sites is 2. The van der Waals surface area contributed by atoms with Crippen molar-refractivity contribution in [1.82, 2.24) is 0 Å². The summed E-state index contributed by atoms with van der Waals surface area (Å²) in [6.45, 7) is 0. The van der Waals surface area contributed by atoms with Gasteiger partial charge in [-0.1, -0.05) is 12.1 Å². The van der Waals surface area contributed by atoms with E-state index in [4.69, 9.17) is 20.5 Å². The number of rotatable bonds is 3. The van der Waals surface area contributed by atoms with Gasteiger partial charge in [-0.15, -0.1) is 0 Å². The number of nitrogens with zero attached hydrogens (tertiary/aromatic N) is 1. The Bertz CT molecular complexity index is 603. The van der Waals surface area contributed by atoms with Gasteiger partial charge in [-0.05, 0) is 24.3 Å². The predicted molar refractivity (Wildman–Crippen MR) is 68.6 cm³/mol. The molecule has 0 aliphatic heterocycles. The highest BCUT2D eigenvalue weighted by atomic mass is 16.5. The number of ether oxygens (including phenoxy) is 2. The molecule has 4 nitrogen and oxygen atoms in total. The van der Waals surface area contributed by atoms with Crippen molar-refractivity contribution >= 4 is 5.69 Å². The minimum absolute atomic E-state index is 0.391. The summed E-state index contributed by atoms with van der Waals surface area (Å²) in [6.07, 6.45) is 0. The lowest BCUT2D eigenvalue weighted by Gasteiger charge is -2.10. The zero-order valence-electron chi connectivity index (χ0n) is 9.88. The maximum absolute atomic E-state index is 8.90. The normalized spacial score (nSPS) is 9.56. The predicted octanol–water partition coefficient (Wildman–Crippen LogP) is 2.94. The third kappa shape index (κ3) is 2.36. The number of hydrogen-bond acceptors (Lipinski definition) is 4. The van der Waals surface area contributed by atoms with E-state index >= 15 is 0 Å². The maximum Gasteiger partial charge on any atom is 0.169 e. The van der Waals surface area contributed by atoms with E-state index in [1.165, 1.54) is 0 Å². The average Bonchev–Trinajstić information content (AvgIpc) is 2.41. The molecule has 0 amide bonds. The van der Waals surface area contributed by atoms with Gasteiger partial charge in [0.05, 0.1) is 12.7 Å². The molecular formula is C14H12N2O2. The molecule has 2 aromatic rings. The third-order valence-corrected chi connectivity index (χ3v) is 2.44. The number of methoxy groups -OCH3 is 1. The molecular weight excluding hydrogens is 228 g/mol. The van der Waals surface area contributed by atoms with Gasteiger partial charge < -0.3 is 15.2 Å². The Morgan fingerprint density at radius 1 is 1.11 bits per heavy atom. The minimum atomic E-state index is 0.391. The van der Waals surface area contributed by atoms with E-state index in [9.17, 15) is 0 Å². The van der Waals surface area contributed by atoms with Gasteiger partial charge in [0.25, 0.3) is 0 Å². The Labute approximate surface area is 105 Å². The van der Waals surface area contributed by atoms with Crippen molar-refractivity contribution in [3.05, 3.63) is 48.0 Å². The van der Waals surface area contributed by atoms with Crippen LogP contribution in [-0.2, 0) is 0 Å². The first-order valence-electron chi connectivity index (χ1n) is 5.35. The zero-order valence-corrected chi connectivity index (χ0v) is 9.88. The molecule has 0 bridgehead atoms. The van der Waals surface area contributed by atoms with Crippen LogP contribution in [0.4, 0.5) is 5.69 Å². The highest BCUT2D eigenvalue weighted by Crippen LogP contribution is 2.31. The molecule has 2 rings (SSSR count). The molecule has 0 fully saturated rings. The maximum atomic E-state index is 8.90.